The van der Waals surface area contributed by atoms with E-state index < -0.39 is 12.4 Å². The summed E-state index contributed by atoms with van der Waals surface area (Å²) in [5.74, 6) is -1.25. The highest BCUT2D eigenvalue weighted by atomic mass is 79.9. The summed E-state index contributed by atoms with van der Waals surface area (Å²) in [6, 6.07) is 2.07. The van der Waals surface area contributed by atoms with Gasteiger partial charge < -0.3 is 5.11 Å². The number of nitrogens with zero attached hydrogens (tertiary/aromatic N) is 1. The van der Waals surface area contributed by atoms with Crippen molar-refractivity contribution < 1.29 is 18.7 Å². The van der Waals surface area contributed by atoms with E-state index in [9.17, 15) is 13.6 Å². The molecule has 0 atom stereocenters. The van der Waals surface area contributed by atoms with Crippen LogP contribution in [-0.4, -0.2) is 16.1 Å². The molecule has 1 aromatic heterocycles. The van der Waals surface area contributed by atoms with Gasteiger partial charge in [-0.05, 0) is 28.1 Å². The molecule has 0 radical (unpaired) electrons. The Labute approximate surface area is 80.5 Å². The lowest BCUT2D eigenvalue weighted by molar-refractivity contribution is 0.0689. The van der Waals surface area contributed by atoms with Gasteiger partial charge in [0.25, 0.3) is 6.43 Å². The van der Waals surface area contributed by atoms with E-state index in [2.05, 4.69) is 20.9 Å². The number of alkyl halides is 2. The molecule has 0 saturated heterocycles. The molecule has 3 nitrogen and oxygen atoms in total. The molecule has 0 aliphatic carbocycles. The summed E-state index contributed by atoms with van der Waals surface area (Å²) < 4.78 is 24.1. The summed E-state index contributed by atoms with van der Waals surface area (Å²) in [6.45, 7) is 0. The number of pyridine rings is 1. The number of carboxylic acids is 1. The Bertz CT molecular complexity index is 343. The molecule has 1 rings (SSSR count). The summed E-state index contributed by atoms with van der Waals surface area (Å²) in [4.78, 5) is 13.8. The summed E-state index contributed by atoms with van der Waals surface area (Å²) >= 11 is 2.76. The zero-order valence-electron chi connectivity index (χ0n) is 6.17. The SMILES string of the molecule is O=C(O)c1ccc(C(F)F)c(Br)n1. The molecule has 0 fully saturated rings. The number of rotatable bonds is 2. The Hall–Kier alpha value is -1.04. The van der Waals surface area contributed by atoms with Gasteiger partial charge in [0.1, 0.15) is 10.3 Å². The molecule has 0 amide bonds. The van der Waals surface area contributed by atoms with E-state index in [4.69, 9.17) is 5.11 Å². The average Bonchev–Trinajstić information content (AvgIpc) is 2.03. The summed E-state index contributed by atoms with van der Waals surface area (Å²) in [7, 11) is 0. The summed E-state index contributed by atoms with van der Waals surface area (Å²) in [5.41, 5.74) is -0.582. The normalized spacial score (nSPS) is 10.5. The number of hydrogen-bond donors (Lipinski definition) is 1. The Morgan fingerprint density at radius 2 is 2.15 bits per heavy atom. The van der Waals surface area contributed by atoms with Crippen molar-refractivity contribution in [1.29, 1.82) is 0 Å². The van der Waals surface area contributed by atoms with Crippen LogP contribution in [0.25, 0.3) is 0 Å². The number of hydrogen-bond acceptors (Lipinski definition) is 2. The number of aromatic carboxylic acids is 1. The summed E-state index contributed by atoms with van der Waals surface area (Å²) in [6.07, 6.45) is -2.66. The van der Waals surface area contributed by atoms with Crippen molar-refractivity contribution in [3.8, 4) is 0 Å². The number of carbonyl (C=O) groups is 1. The number of aromatic nitrogens is 1. The third-order valence-electron chi connectivity index (χ3n) is 1.33. The van der Waals surface area contributed by atoms with Gasteiger partial charge in [0.15, 0.2) is 0 Å². The third-order valence-corrected chi connectivity index (χ3v) is 1.97. The molecule has 0 aromatic carbocycles. The van der Waals surface area contributed by atoms with Crippen LogP contribution in [0.4, 0.5) is 8.78 Å². The second-order valence-electron chi connectivity index (χ2n) is 2.18. The Kier molecular flexibility index (Phi) is 2.92. The first-order valence-electron chi connectivity index (χ1n) is 3.20. The first-order valence-corrected chi connectivity index (χ1v) is 3.99. The van der Waals surface area contributed by atoms with E-state index >= 15 is 0 Å². The van der Waals surface area contributed by atoms with E-state index in [-0.39, 0.29) is 15.9 Å². The zero-order valence-corrected chi connectivity index (χ0v) is 7.75. The van der Waals surface area contributed by atoms with Gasteiger partial charge in [-0.3, -0.25) is 0 Å². The van der Waals surface area contributed by atoms with Crippen LogP contribution in [0.3, 0.4) is 0 Å². The van der Waals surface area contributed by atoms with Crippen LogP contribution < -0.4 is 0 Å². The van der Waals surface area contributed by atoms with Gasteiger partial charge in [-0.2, -0.15) is 0 Å². The molecule has 0 unspecified atom stereocenters. The second kappa shape index (κ2) is 3.78. The first kappa shape index (κ1) is 10.0. The molecule has 0 bridgehead atoms. The number of halogens is 3. The summed E-state index contributed by atoms with van der Waals surface area (Å²) in [5, 5.41) is 8.47. The van der Waals surface area contributed by atoms with Crippen molar-refractivity contribution in [3.63, 3.8) is 0 Å². The van der Waals surface area contributed by atoms with Gasteiger partial charge in [0, 0.05) is 0 Å². The van der Waals surface area contributed by atoms with Crippen molar-refractivity contribution in [1.82, 2.24) is 4.98 Å². The van der Waals surface area contributed by atoms with E-state index in [1.165, 1.54) is 0 Å². The molecule has 1 heterocycles. The van der Waals surface area contributed by atoms with Gasteiger partial charge in [-0.15, -0.1) is 0 Å². The van der Waals surface area contributed by atoms with E-state index in [0.29, 0.717) is 0 Å². The zero-order chi connectivity index (χ0) is 10.0. The third kappa shape index (κ3) is 2.21. The topological polar surface area (TPSA) is 50.2 Å². The molecular formula is C7H4BrF2NO2. The van der Waals surface area contributed by atoms with Crippen LogP contribution in [0.2, 0.25) is 0 Å². The standard InChI is InChI=1S/C7H4BrF2NO2/c8-5-3(6(9)10)1-2-4(11-5)7(12)13/h1-2,6H,(H,12,13). The molecule has 1 aromatic rings. The monoisotopic (exact) mass is 251 g/mol. The van der Waals surface area contributed by atoms with E-state index in [1.54, 1.807) is 0 Å². The van der Waals surface area contributed by atoms with Crippen LogP contribution in [0.15, 0.2) is 16.7 Å². The van der Waals surface area contributed by atoms with Crippen molar-refractivity contribution in [2.24, 2.45) is 0 Å². The highest BCUT2D eigenvalue weighted by molar-refractivity contribution is 9.10. The lowest BCUT2D eigenvalue weighted by Gasteiger charge is -2.02. The molecule has 0 aliphatic heterocycles. The van der Waals surface area contributed by atoms with Crippen LogP contribution in [0.1, 0.15) is 22.5 Å². The van der Waals surface area contributed by atoms with Crippen LogP contribution >= 0.6 is 15.9 Å². The van der Waals surface area contributed by atoms with E-state index in [1.807, 2.05) is 0 Å². The van der Waals surface area contributed by atoms with Gasteiger partial charge in [-0.1, -0.05) is 0 Å². The quantitative estimate of drug-likeness (QED) is 0.822. The molecule has 0 spiro atoms. The van der Waals surface area contributed by atoms with Crippen molar-refractivity contribution >= 4 is 21.9 Å². The molecule has 13 heavy (non-hydrogen) atoms. The van der Waals surface area contributed by atoms with Crippen molar-refractivity contribution in [2.45, 2.75) is 6.43 Å². The van der Waals surface area contributed by atoms with E-state index in [0.717, 1.165) is 12.1 Å². The highest BCUT2D eigenvalue weighted by Gasteiger charge is 2.14. The van der Waals surface area contributed by atoms with Gasteiger partial charge >= 0.3 is 5.97 Å². The fraction of sp³-hybridized carbons (Fsp3) is 0.143. The Morgan fingerprint density at radius 1 is 1.54 bits per heavy atom. The van der Waals surface area contributed by atoms with Crippen LogP contribution in [-0.2, 0) is 0 Å². The van der Waals surface area contributed by atoms with Crippen molar-refractivity contribution in [2.75, 3.05) is 0 Å². The lowest BCUT2D eigenvalue weighted by Crippen LogP contribution is -2.02. The molecular weight excluding hydrogens is 248 g/mol. The minimum atomic E-state index is -2.66. The molecule has 0 saturated carbocycles. The van der Waals surface area contributed by atoms with Crippen molar-refractivity contribution in [3.05, 3.63) is 28.0 Å². The minimum absolute atomic E-state index is 0.137. The van der Waals surface area contributed by atoms with Gasteiger partial charge in [-0.25, -0.2) is 18.6 Å². The average molecular weight is 252 g/mol. The molecule has 70 valence electrons. The maximum Gasteiger partial charge on any atom is 0.354 e. The Balaban J connectivity index is 3.13. The van der Waals surface area contributed by atoms with Gasteiger partial charge in [0.2, 0.25) is 0 Å². The fourth-order valence-corrected chi connectivity index (χ4v) is 1.22. The largest absolute Gasteiger partial charge is 0.477 e. The molecule has 1 N–H and O–H groups in total. The van der Waals surface area contributed by atoms with Crippen LogP contribution in [0.5, 0.6) is 0 Å². The molecule has 0 aliphatic rings. The lowest BCUT2D eigenvalue weighted by atomic mass is 10.2. The number of carboxylic acid groups (broad SMARTS) is 1. The minimum Gasteiger partial charge on any atom is -0.477 e. The highest BCUT2D eigenvalue weighted by Crippen LogP contribution is 2.25. The maximum absolute atomic E-state index is 12.1. The second-order valence-corrected chi connectivity index (χ2v) is 2.93. The van der Waals surface area contributed by atoms with Gasteiger partial charge in [0.05, 0.1) is 5.56 Å². The fourth-order valence-electron chi connectivity index (χ4n) is 0.727. The smallest absolute Gasteiger partial charge is 0.354 e. The van der Waals surface area contributed by atoms with Crippen LogP contribution in [0, 0.1) is 0 Å². The Morgan fingerprint density at radius 3 is 2.54 bits per heavy atom. The molecule has 6 heteroatoms. The maximum atomic E-state index is 12.1. The predicted molar refractivity (Wildman–Crippen MR) is 43.9 cm³/mol. The predicted octanol–water partition coefficient (Wildman–Crippen LogP) is 2.48. The first-order chi connectivity index (χ1) is 6.02.